The Morgan fingerprint density at radius 2 is 1.75 bits per heavy atom. The first-order valence-corrected chi connectivity index (χ1v) is 10.3. The van der Waals surface area contributed by atoms with Crippen molar-refractivity contribution in [2.24, 2.45) is 0 Å². The molecule has 1 N–H and O–H groups in total. The van der Waals surface area contributed by atoms with Crippen LogP contribution in [0.3, 0.4) is 0 Å². The first kappa shape index (κ1) is 21.5. The van der Waals surface area contributed by atoms with E-state index in [1.807, 2.05) is 0 Å². The van der Waals surface area contributed by atoms with Gasteiger partial charge in [0.05, 0.1) is 9.82 Å². The topological polar surface area (TPSA) is 110 Å². The molecule has 0 fully saturated rings. The van der Waals surface area contributed by atoms with Gasteiger partial charge in [0.25, 0.3) is 11.6 Å². The maximum Gasteiger partial charge on any atom is 0.269 e. The van der Waals surface area contributed by atoms with Gasteiger partial charge in [-0.15, -0.1) is 0 Å². The Kier molecular flexibility index (Phi) is 7.24. The van der Waals surface area contributed by atoms with E-state index in [0.717, 1.165) is 5.56 Å². The molecule has 0 radical (unpaired) electrons. The summed E-state index contributed by atoms with van der Waals surface area (Å²) in [5.74, 6) is -0.376. The van der Waals surface area contributed by atoms with Gasteiger partial charge in [-0.3, -0.25) is 14.9 Å². The van der Waals surface area contributed by atoms with Crippen molar-refractivity contribution in [1.82, 2.24) is 9.62 Å². The highest BCUT2D eigenvalue weighted by molar-refractivity contribution is 7.89. The minimum atomic E-state index is -3.63. The molecule has 0 aliphatic carbocycles. The second kappa shape index (κ2) is 9.43. The van der Waals surface area contributed by atoms with Gasteiger partial charge < -0.3 is 5.32 Å². The van der Waals surface area contributed by atoms with E-state index in [-0.39, 0.29) is 22.1 Å². The number of non-ortho nitro benzene ring substituents is 1. The highest BCUT2D eigenvalue weighted by atomic mass is 32.2. The van der Waals surface area contributed by atoms with Crippen LogP contribution in [0.15, 0.2) is 53.4 Å². The minimum absolute atomic E-state index is 0.0130. The molecule has 0 unspecified atom stereocenters. The molecule has 0 heterocycles. The minimum Gasteiger partial charge on any atom is -0.352 e. The number of nitro benzene ring substituents is 1. The lowest BCUT2D eigenvalue weighted by molar-refractivity contribution is -0.384. The predicted molar refractivity (Wildman–Crippen MR) is 106 cm³/mol. The number of carbonyl (C=O) groups is 1. The molecule has 2 rings (SSSR count). The zero-order valence-electron chi connectivity index (χ0n) is 15.8. The number of nitro groups is 1. The van der Waals surface area contributed by atoms with E-state index in [9.17, 15) is 23.3 Å². The molecule has 0 bridgehead atoms. The molecular formula is C19H23N3O5S. The Labute approximate surface area is 164 Å². The molecule has 0 saturated heterocycles. The number of rotatable bonds is 9. The standard InChI is InChI=1S/C19H23N3O5S/c1-3-21(4-2)28(26,27)18-7-5-6-16(14-18)19(23)20-13-12-15-8-10-17(11-9-15)22(24)25/h5-11,14H,3-4,12-13H2,1-2H3,(H,20,23). The third kappa shape index (κ3) is 5.14. The SMILES string of the molecule is CCN(CC)S(=O)(=O)c1cccc(C(=O)NCCc2ccc([N+](=O)[O-])cc2)c1. The van der Waals surface area contributed by atoms with Crippen LogP contribution in [0.1, 0.15) is 29.8 Å². The lowest BCUT2D eigenvalue weighted by Gasteiger charge is -2.18. The number of amides is 1. The lowest BCUT2D eigenvalue weighted by Crippen LogP contribution is -2.31. The van der Waals surface area contributed by atoms with Crippen molar-refractivity contribution in [3.63, 3.8) is 0 Å². The average Bonchev–Trinajstić information content (AvgIpc) is 2.69. The maximum atomic E-state index is 12.6. The van der Waals surface area contributed by atoms with Crippen LogP contribution < -0.4 is 5.32 Å². The average molecular weight is 405 g/mol. The maximum absolute atomic E-state index is 12.6. The van der Waals surface area contributed by atoms with Crippen LogP contribution in [0, 0.1) is 10.1 Å². The summed E-state index contributed by atoms with van der Waals surface area (Å²) in [5, 5.41) is 13.4. The Bertz CT molecular complexity index is 938. The van der Waals surface area contributed by atoms with Gasteiger partial charge >= 0.3 is 0 Å². The van der Waals surface area contributed by atoms with Gasteiger partial charge in [0.2, 0.25) is 10.0 Å². The molecule has 9 heteroatoms. The van der Waals surface area contributed by atoms with Crippen molar-refractivity contribution in [3.8, 4) is 0 Å². The zero-order valence-corrected chi connectivity index (χ0v) is 16.6. The van der Waals surface area contributed by atoms with Crippen LogP contribution in [0.4, 0.5) is 5.69 Å². The highest BCUT2D eigenvalue weighted by Crippen LogP contribution is 2.17. The van der Waals surface area contributed by atoms with Gasteiger partial charge in [0, 0.05) is 37.3 Å². The molecule has 28 heavy (non-hydrogen) atoms. The number of benzene rings is 2. The molecule has 0 spiro atoms. The van der Waals surface area contributed by atoms with Crippen molar-refractivity contribution in [1.29, 1.82) is 0 Å². The van der Waals surface area contributed by atoms with E-state index in [1.54, 1.807) is 38.1 Å². The number of nitrogens with zero attached hydrogens (tertiary/aromatic N) is 2. The second-order valence-electron chi connectivity index (χ2n) is 6.05. The summed E-state index contributed by atoms with van der Waals surface area (Å²) in [5.41, 5.74) is 1.12. The van der Waals surface area contributed by atoms with E-state index >= 15 is 0 Å². The predicted octanol–water partition coefficient (Wildman–Crippen LogP) is 2.60. The van der Waals surface area contributed by atoms with E-state index < -0.39 is 14.9 Å². The Hall–Kier alpha value is -2.78. The Morgan fingerprint density at radius 3 is 2.32 bits per heavy atom. The third-order valence-corrected chi connectivity index (χ3v) is 6.33. The fourth-order valence-electron chi connectivity index (χ4n) is 2.72. The highest BCUT2D eigenvalue weighted by Gasteiger charge is 2.22. The van der Waals surface area contributed by atoms with Gasteiger partial charge in [-0.2, -0.15) is 4.31 Å². The lowest BCUT2D eigenvalue weighted by atomic mass is 10.1. The monoisotopic (exact) mass is 405 g/mol. The van der Waals surface area contributed by atoms with Gasteiger partial charge in [-0.25, -0.2) is 8.42 Å². The van der Waals surface area contributed by atoms with Crippen molar-refractivity contribution < 1.29 is 18.1 Å². The molecule has 0 atom stereocenters. The number of hydrogen-bond acceptors (Lipinski definition) is 5. The zero-order chi connectivity index (χ0) is 20.7. The van der Waals surface area contributed by atoms with Crippen LogP contribution in [0.2, 0.25) is 0 Å². The van der Waals surface area contributed by atoms with Gasteiger partial charge in [-0.05, 0) is 30.2 Å². The number of nitrogens with one attached hydrogen (secondary N) is 1. The van der Waals surface area contributed by atoms with E-state index in [4.69, 9.17) is 0 Å². The number of carbonyl (C=O) groups excluding carboxylic acids is 1. The van der Waals surface area contributed by atoms with Crippen molar-refractivity contribution >= 4 is 21.6 Å². The van der Waals surface area contributed by atoms with Crippen LogP contribution in [0.5, 0.6) is 0 Å². The summed E-state index contributed by atoms with van der Waals surface area (Å²) in [7, 11) is -3.63. The summed E-state index contributed by atoms with van der Waals surface area (Å²) in [4.78, 5) is 22.6. The summed E-state index contributed by atoms with van der Waals surface area (Å²) in [6, 6.07) is 12.1. The van der Waals surface area contributed by atoms with Gasteiger partial charge in [0.15, 0.2) is 0 Å². The second-order valence-corrected chi connectivity index (χ2v) is 7.98. The first-order valence-electron chi connectivity index (χ1n) is 8.91. The van der Waals surface area contributed by atoms with Gasteiger partial charge in [0.1, 0.15) is 0 Å². The number of sulfonamides is 1. The van der Waals surface area contributed by atoms with Crippen molar-refractivity contribution in [2.75, 3.05) is 19.6 Å². The molecule has 0 aliphatic rings. The molecular weight excluding hydrogens is 382 g/mol. The molecule has 0 aliphatic heterocycles. The number of hydrogen-bond donors (Lipinski definition) is 1. The van der Waals surface area contributed by atoms with Crippen molar-refractivity contribution in [2.45, 2.75) is 25.2 Å². The summed E-state index contributed by atoms with van der Waals surface area (Å²) in [6.45, 7) is 4.55. The molecule has 8 nitrogen and oxygen atoms in total. The third-order valence-electron chi connectivity index (χ3n) is 4.29. The Balaban J connectivity index is 2.02. The first-order chi connectivity index (χ1) is 13.3. The van der Waals surface area contributed by atoms with Crippen LogP contribution in [-0.2, 0) is 16.4 Å². The quantitative estimate of drug-likeness (QED) is 0.509. The molecule has 2 aromatic carbocycles. The Morgan fingerprint density at radius 1 is 1.11 bits per heavy atom. The summed E-state index contributed by atoms with van der Waals surface area (Å²) in [6.07, 6.45) is 0.501. The van der Waals surface area contributed by atoms with E-state index in [1.165, 1.54) is 28.6 Å². The fraction of sp³-hybridized carbons (Fsp3) is 0.316. The smallest absolute Gasteiger partial charge is 0.269 e. The van der Waals surface area contributed by atoms with Crippen LogP contribution >= 0.6 is 0 Å². The molecule has 1 amide bonds. The van der Waals surface area contributed by atoms with Crippen LogP contribution in [0.25, 0.3) is 0 Å². The molecule has 0 saturated carbocycles. The molecule has 150 valence electrons. The van der Waals surface area contributed by atoms with E-state index in [2.05, 4.69) is 5.32 Å². The normalized spacial score (nSPS) is 11.4. The van der Waals surface area contributed by atoms with Gasteiger partial charge in [-0.1, -0.05) is 32.0 Å². The fourth-order valence-corrected chi connectivity index (χ4v) is 4.22. The van der Waals surface area contributed by atoms with E-state index in [0.29, 0.717) is 26.1 Å². The van der Waals surface area contributed by atoms with Crippen molar-refractivity contribution in [3.05, 3.63) is 69.8 Å². The summed E-state index contributed by atoms with van der Waals surface area (Å²) < 4.78 is 26.5. The van der Waals surface area contributed by atoms with Crippen LogP contribution in [-0.4, -0.2) is 43.2 Å². The molecule has 2 aromatic rings. The summed E-state index contributed by atoms with van der Waals surface area (Å²) >= 11 is 0. The largest absolute Gasteiger partial charge is 0.352 e. The molecule has 0 aromatic heterocycles.